The molecule has 1 amide bonds. The van der Waals surface area contributed by atoms with Gasteiger partial charge in [-0.15, -0.1) is 0 Å². The monoisotopic (exact) mass is 532 g/mol. The van der Waals surface area contributed by atoms with Crippen molar-refractivity contribution in [3.8, 4) is 5.75 Å². The molecule has 0 saturated carbocycles. The SMILES string of the molecule is CCOc1ccc(C2C(C(=O)Nc3cc(C(F)(F)F)ccc3Cl)=C(C)NC3=C2C(=O)CC(C)(C)C3)cc1. The summed E-state index contributed by atoms with van der Waals surface area (Å²) < 4.78 is 45.4. The predicted molar refractivity (Wildman–Crippen MR) is 136 cm³/mol. The van der Waals surface area contributed by atoms with Gasteiger partial charge in [0.15, 0.2) is 5.78 Å². The first-order valence-electron chi connectivity index (χ1n) is 12.0. The summed E-state index contributed by atoms with van der Waals surface area (Å²) in [7, 11) is 0. The van der Waals surface area contributed by atoms with Crippen molar-refractivity contribution in [2.75, 3.05) is 11.9 Å². The zero-order valence-electron chi connectivity index (χ0n) is 21.0. The molecule has 196 valence electrons. The maximum absolute atomic E-state index is 13.6. The van der Waals surface area contributed by atoms with Crippen LogP contribution in [-0.4, -0.2) is 18.3 Å². The third-order valence-corrected chi connectivity index (χ3v) is 6.88. The predicted octanol–water partition coefficient (Wildman–Crippen LogP) is 7.00. The fourth-order valence-electron chi connectivity index (χ4n) is 4.98. The Morgan fingerprint density at radius 2 is 1.84 bits per heavy atom. The van der Waals surface area contributed by atoms with Gasteiger partial charge >= 0.3 is 6.18 Å². The van der Waals surface area contributed by atoms with Gasteiger partial charge in [-0.25, -0.2) is 0 Å². The lowest BCUT2D eigenvalue weighted by molar-refractivity contribution is -0.137. The van der Waals surface area contributed by atoms with E-state index in [1.807, 2.05) is 20.8 Å². The van der Waals surface area contributed by atoms with Crippen molar-refractivity contribution in [3.05, 3.63) is 81.2 Å². The van der Waals surface area contributed by atoms with E-state index < -0.39 is 23.6 Å². The van der Waals surface area contributed by atoms with Crippen molar-refractivity contribution in [1.82, 2.24) is 5.32 Å². The number of Topliss-reactive ketones (excluding diaryl/α,β-unsaturated/α-hetero) is 1. The number of allylic oxidation sites excluding steroid dienone is 3. The molecule has 1 unspecified atom stereocenters. The van der Waals surface area contributed by atoms with E-state index in [1.54, 1.807) is 31.2 Å². The van der Waals surface area contributed by atoms with Crippen LogP contribution in [0.15, 0.2) is 65.0 Å². The molecule has 0 fully saturated rings. The minimum Gasteiger partial charge on any atom is -0.494 e. The standard InChI is InChI=1S/C28H28ClF3N2O3/c1-5-37-18-9-6-16(7-10-18)24-23(15(2)33-21-13-27(3,4)14-22(35)25(21)24)26(36)34-20-12-17(28(30,31)32)8-11-19(20)29/h6-12,24,33H,5,13-14H2,1-4H3,(H,34,36). The highest BCUT2D eigenvalue weighted by atomic mass is 35.5. The second-order valence-electron chi connectivity index (χ2n) is 10.1. The number of ether oxygens (including phenoxy) is 1. The highest BCUT2D eigenvalue weighted by Crippen LogP contribution is 2.47. The van der Waals surface area contributed by atoms with Gasteiger partial charge in [-0.1, -0.05) is 37.6 Å². The Labute approximate surface area is 218 Å². The summed E-state index contributed by atoms with van der Waals surface area (Å²) in [6.07, 6.45) is -3.67. The van der Waals surface area contributed by atoms with Crippen molar-refractivity contribution in [2.45, 2.75) is 52.6 Å². The van der Waals surface area contributed by atoms with Crippen LogP contribution in [0.1, 0.15) is 57.6 Å². The van der Waals surface area contributed by atoms with Gasteiger partial charge in [0.25, 0.3) is 5.91 Å². The van der Waals surface area contributed by atoms with Crippen LogP contribution >= 0.6 is 11.6 Å². The summed E-state index contributed by atoms with van der Waals surface area (Å²) in [6, 6.07) is 9.90. The van der Waals surface area contributed by atoms with Crippen molar-refractivity contribution < 1.29 is 27.5 Å². The molecule has 4 rings (SSSR count). The molecule has 0 radical (unpaired) electrons. The van der Waals surface area contributed by atoms with Crippen LogP contribution < -0.4 is 15.4 Å². The summed E-state index contributed by atoms with van der Waals surface area (Å²) >= 11 is 6.14. The van der Waals surface area contributed by atoms with Crippen LogP contribution in [0.5, 0.6) is 5.75 Å². The van der Waals surface area contributed by atoms with E-state index in [2.05, 4.69) is 10.6 Å². The third-order valence-electron chi connectivity index (χ3n) is 6.55. The molecule has 1 aliphatic carbocycles. The molecule has 0 saturated heterocycles. The van der Waals surface area contributed by atoms with Crippen LogP contribution in [0.3, 0.4) is 0 Å². The smallest absolute Gasteiger partial charge is 0.416 e. The summed E-state index contributed by atoms with van der Waals surface area (Å²) in [5.41, 5.74) is 1.36. The van der Waals surface area contributed by atoms with Gasteiger partial charge in [0, 0.05) is 34.9 Å². The molecular weight excluding hydrogens is 505 g/mol. The molecule has 2 aliphatic rings. The van der Waals surface area contributed by atoms with Crippen LogP contribution in [0.25, 0.3) is 0 Å². The van der Waals surface area contributed by atoms with Crippen molar-refractivity contribution in [3.63, 3.8) is 0 Å². The number of benzene rings is 2. The maximum atomic E-state index is 13.6. The van der Waals surface area contributed by atoms with E-state index in [1.165, 1.54) is 0 Å². The molecule has 0 spiro atoms. The Kier molecular flexibility index (Phi) is 7.16. The van der Waals surface area contributed by atoms with Gasteiger partial charge < -0.3 is 15.4 Å². The van der Waals surface area contributed by atoms with E-state index in [0.29, 0.717) is 42.0 Å². The Morgan fingerprint density at radius 3 is 2.46 bits per heavy atom. The fourth-order valence-corrected chi connectivity index (χ4v) is 5.15. The van der Waals surface area contributed by atoms with Crippen LogP contribution in [0, 0.1) is 5.41 Å². The van der Waals surface area contributed by atoms with Crippen molar-refractivity contribution in [2.24, 2.45) is 5.41 Å². The second-order valence-corrected chi connectivity index (χ2v) is 10.5. The van der Waals surface area contributed by atoms with Gasteiger partial charge in [-0.05, 0) is 61.6 Å². The lowest BCUT2D eigenvalue weighted by Crippen LogP contribution is -2.39. The zero-order chi connectivity index (χ0) is 27.1. The number of ketones is 1. The number of hydrogen-bond donors (Lipinski definition) is 2. The molecule has 2 aromatic carbocycles. The first-order chi connectivity index (χ1) is 17.3. The number of rotatable bonds is 5. The molecule has 2 aromatic rings. The summed E-state index contributed by atoms with van der Waals surface area (Å²) in [6.45, 7) is 8.10. The zero-order valence-corrected chi connectivity index (χ0v) is 21.7. The van der Waals surface area contributed by atoms with E-state index in [4.69, 9.17) is 16.3 Å². The molecule has 9 heteroatoms. The summed E-state index contributed by atoms with van der Waals surface area (Å²) in [4.78, 5) is 27.1. The molecule has 2 N–H and O–H groups in total. The third kappa shape index (κ3) is 5.54. The molecule has 1 aliphatic heterocycles. The minimum atomic E-state index is -4.60. The Balaban J connectivity index is 1.78. The summed E-state index contributed by atoms with van der Waals surface area (Å²) in [5, 5.41) is 5.77. The number of amides is 1. The maximum Gasteiger partial charge on any atom is 0.416 e. The van der Waals surface area contributed by atoms with Gasteiger partial charge in [0.1, 0.15) is 5.75 Å². The van der Waals surface area contributed by atoms with Crippen LogP contribution in [-0.2, 0) is 15.8 Å². The molecule has 5 nitrogen and oxygen atoms in total. The largest absolute Gasteiger partial charge is 0.494 e. The Morgan fingerprint density at radius 1 is 1.16 bits per heavy atom. The molecular formula is C28H28ClF3N2O3. The highest BCUT2D eigenvalue weighted by Gasteiger charge is 2.43. The number of nitrogens with one attached hydrogen (secondary N) is 2. The van der Waals surface area contributed by atoms with Crippen LogP contribution in [0.4, 0.5) is 18.9 Å². The Bertz CT molecular complexity index is 1310. The number of dihydropyridines is 1. The van der Waals surface area contributed by atoms with Gasteiger partial charge in [0.2, 0.25) is 0 Å². The number of anilines is 1. The lowest BCUT2D eigenvalue weighted by Gasteiger charge is -2.39. The second kappa shape index (κ2) is 9.89. The number of carbonyl (C=O) groups excluding carboxylic acids is 2. The number of alkyl halides is 3. The normalized spacial score (nSPS) is 19.4. The first kappa shape index (κ1) is 26.8. The number of hydrogen-bond acceptors (Lipinski definition) is 4. The topological polar surface area (TPSA) is 67.4 Å². The average Bonchev–Trinajstić information content (AvgIpc) is 2.78. The first-order valence-corrected chi connectivity index (χ1v) is 12.3. The molecule has 1 atom stereocenters. The molecule has 0 aromatic heterocycles. The van der Waals surface area contributed by atoms with Gasteiger partial charge in [-0.3, -0.25) is 9.59 Å². The Hall–Kier alpha value is -3.26. The molecule has 37 heavy (non-hydrogen) atoms. The summed E-state index contributed by atoms with van der Waals surface area (Å²) in [5.74, 6) is -0.783. The number of carbonyl (C=O) groups is 2. The van der Waals surface area contributed by atoms with Crippen molar-refractivity contribution >= 4 is 29.0 Å². The minimum absolute atomic E-state index is 0.0311. The van der Waals surface area contributed by atoms with Crippen molar-refractivity contribution in [1.29, 1.82) is 0 Å². The van der Waals surface area contributed by atoms with Crippen LogP contribution in [0.2, 0.25) is 5.02 Å². The van der Waals surface area contributed by atoms with Gasteiger partial charge in [0.05, 0.1) is 22.9 Å². The fraction of sp³-hybridized carbons (Fsp3) is 0.357. The van der Waals surface area contributed by atoms with Gasteiger partial charge in [-0.2, -0.15) is 13.2 Å². The lowest BCUT2D eigenvalue weighted by atomic mass is 9.68. The van der Waals surface area contributed by atoms with E-state index in [9.17, 15) is 22.8 Å². The quantitative estimate of drug-likeness (QED) is 0.435. The molecule has 1 heterocycles. The average molecular weight is 533 g/mol. The van der Waals surface area contributed by atoms with E-state index in [0.717, 1.165) is 23.9 Å². The van der Waals surface area contributed by atoms with E-state index in [-0.39, 0.29) is 27.5 Å². The number of halogens is 4. The molecule has 0 bridgehead atoms. The highest BCUT2D eigenvalue weighted by molar-refractivity contribution is 6.34. The van der Waals surface area contributed by atoms with E-state index >= 15 is 0 Å².